The van der Waals surface area contributed by atoms with E-state index in [4.69, 9.17) is 0 Å². The van der Waals surface area contributed by atoms with Crippen LogP contribution in [-0.2, 0) is 0 Å². The van der Waals surface area contributed by atoms with Crippen LogP contribution in [0.4, 0.5) is 0 Å². The Hall–Kier alpha value is -2.86. The SMILES string of the molecule is CC(C)=CCC/C(C)=C/CCC(C)=CC=CC(C)=CC=CC=C(C)C=CC=C(C)CC/C=C(\C)CCC=C(C)C. The smallest absolute Gasteiger partial charge is 0.0285 e. The normalized spacial score (nSPS) is 14.7. The van der Waals surface area contributed by atoms with Crippen molar-refractivity contribution in [3.8, 4) is 0 Å². The first-order chi connectivity index (χ1) is 19.0. The van der Waals surface area contributed by atoms with Crippen LogP contribution in [0, 0.1) is 0 Å². The molecule has 0 fully saturated rings. The largest absolute Gasteiger partial charge is 0.0856 e. The molecule has 40 heavy (non-hydrogen) atoms. The molecule has 0 aliphatic heterocycles. The van der Waals surface area contributed by atoms with Crippen LogP contribution < -0.4 is 0 Å². The van der Waals surface area contributed by atoms with Crippen molar-refractivity contribution in [2.24, 2.45) is 0 Å². The molecule has 0 nitrogen and oxygen atoms in total. The highest BCUT2D eigenvalue weighted by atomic mass is 14.0. The van der Waals surface area contributed by atoms with Crippen molar-refractivity contribution < 1.29 is 0 Å². The molecule has 0 unspecified atom stereocenters. The topological polar surface area (TPSA) is 0 Å². The zero-order chi connectivity index (χ0) is 30.2. The summed E-state index contributed by atoms with van der Waals surface area (Å²) in [7, 11) is 0. The van der Waals surface area contributed by atoms with Gasteiger partial charge in [-0.25, -0.2) is 0 Å². The van der Waals surface area contributed by atoms with Crippen LogP contribution in [0.2, 0.25) is 0 Å². The van der Waals surface area contributed by atoms with E-state index in [1.165, 1.54) is 57.4 Å². The maximum absolute atomic E-state index is 2.40. The second-order valence-corrected chi connectivity index (χ2v) is 11.8. The van der Waals surface area contributed by atoms with Crippen molar-refractivity contribution >= 4 is 0 Å². The van der Waals surface area contributed by atoms with Gasteiger partial charge >= 0.3 is 0 Å². The van der Waals surface area contributed by atoms with Crippen LogP contribution in [0.25, 0.3) is 0 Å². The lowest BCUT2D eigenvalue weighted by molar-refractivity contribution is 0.918. The summed E-state index contributed by atoms with van der Waals surface area (Å²) < 4.78 is 0. The highest BCUT2D eigenvalue weighted by molar-refractivity contribution is 5.30. The van der Waals surface area contributed by atoms with Crippen molar-refractivity contribution in [1.82, 2.24) is 0 Å². The average Bonchev–Trinajstić information content (AvgIpc) is 2.86. The van der Waals surface area contributed by atoms with Gasteiger partial charge in [-0.3, -0.25) is 0 Å². The molecule has 0 heterocycles. The molecule has 0 saturated carbocycles. The van der Waals surface area contributed by atoms with Crippen molar-refractivity contribution in [2.75, 3.05) is 0 Å². The zero-order valence-corrected chi connectivity index (χ0v) is 27.7. The van der Waals surface area contributed by atoms with Crippen LogP contribution >= 0.6 is 0 Å². The van der Waals surface area contributed by atoms with E-state index in [-0.39, 0.29) is 0 Å². The predicted molar refractivity (Wildman–Crippen MR) is 186 cm³/mol. The van der Waals surface area contributed by atoms with Crippen molar-refractivity contribution in [3.05, 3.63) is 130 Å². The number of hydrogen-bond acceptors (Lipinski definition) is 0. The summed E-state index contributed by atoms with van der Waals surface area (Å²) in [6.45, 7) is 21.9. The van der Waals surface area contributed by atoms with Gasteiger partial charge in [-0.2, -0.15) is 0 Å². The summed E-state index contributed by atoms with van der Waals surface area (Å²) in [4.78, 5) is 0. The van der Waals surface area contributed by atoms with Crippen molar-refractivity contribution in [1.29, 1.82) is 0 Å². The maximum Gasteiger partial charge on any atom is -0.0285 e. The summed E-state index contributed by atoms with van der Waals surface area (Å²) in [6.07, 6.45) is 40.3. The number of rotatable bonds is 18. The highest BCUT2D eigenvalue weighted by Crippen LogP contribution is 2.13. The van der Waals surface area contributed by atoms with E-state index in [1.54, 1.807) is 0 Å². The van der Waals surface area contributed by atoms with Gasteiger partial charge in [-0.05, 0) is 121 Å². The van der Waals surface area contributed by atoms with Crippen molar-refractivity contribution in [2.45, 2.75) is 121 Å². The van der Waals surface area contributed by atoms with Gasteiger partial charge in [-0.15, -0.1) is 0 Å². The summed E-state index contributed by atoms with van der Waals surface area (Å²) in [5.74, 6) is 0. The molecule has 0 aromatic heterocycles. The molecular weight excluding hydrogens is 480 g/mol. The number of hydrogen-bond donors (Lipinski definition) is 0. The second kappa shape index (κ2) is 24.0. The van der Waals surface area contributed by atoms with Gasteiger partial charge in [0.25, 0.3) is 0 Å². The fourth-order valence-electron chi connectivity index (χ4n) is 3.89. The summed E-state index contributed by atoms with van der Waals surface area (Å²) in [6, 6.07) is 0. The fourth-order valence-corrected chi connectivity index (χ4v) is 3.89. The molecule has 0 bridgehead atoms. The Morgan fingerprint density at radius 2 is 0.675 bits per heavy atom. The van der Waals surface area contributed by atoms with Crippen LogP contribution in [0.15, 0.2) is 130 Å². The van der Waals surface area contributed by atoms with Crippen LogP contribution in [0.3, 0.4) is 0 Å². The first kappa shape index (κ1) is 37.1. The maximum atomic E-state index is 2.40. The van der Waals surface area contributed by atoms with Gasteiger partial charge < -0.3 is 0 Å². The second-order valence-electron chi connectivity index (χ2n) is 11.8. The third-order valence-corrected chi connectivity index (χ3v) is 6.55. The lowest BCUT2D eigenvalue weighted by Crippen LogP contribution is -1.80. The molecule has 0 saturated heterocycles. The monoisotopic (exact) mass is 540 g/mol. The molecule has 0 aromatic carbocycles. The van der Waals surface area contributed by atoms with Gasteiger partial charge in [0, 0.05) is 0 Å². The van der Waals surface area contributed by atoms with Gasteiger partial charge in [0.1, 0.15) is 0 Å². The van der Waals surface area contributed by atoms with E-state index in [1.807, 2.05) is 0 Å². The average molecular weight is 541 g/mol. The molecule has 0 N–H and O–H groups in total. The Balaban J connectivity index is 4.51. The van der Waals surface area contributed by atoms with Gasteiger partial charge in [-0.1, -0.05) is 130 Å². The minimum absolute atomic E-state index is 1.12. The van der Waals surface area contributed by atoms with Crippen LogP contribution in [0.5, 0.6) is 0 Å². The minimum atomic E-state index is 1.12. The molecular formula is C40H60. The van der Waals surface area contributed by atoms with Crippen LogP contribution in [0.1, 0.15) is 121 Å². The molecule has 0 aliphatic rings. The summed E-state index contributed by atoms with van der Waals surface area (Å²) >= 11 is 0. The summed E-state index contributed by atoms with van der Waals surface area (Å²) in [5.41, 5.74) is 11.1. The van der Waals surface area contributed by atoms with Crippen LogP contribution in [-0.4, -0.2) is 0 Å². The van der Waals surface area contributed by atoms with E-state index in [0.29, 0.717) is 0 Å². The number of allylic oxidation sites excluding steroid dienone is 22. The molecule has 220 valence electrons. The standard InChI is InChI=1S/C40H60/c1-33(2)19-13-23-37(7)27-17-31-39(9)29-15-25-35(5)21-11-12-22-36(6)26-16-30-40(10)32-18-28-38(8)24-14-20-34(3)4/h11-12,15-16,19-22,25-30H,13-14,17-18,23-24,31-32H2,1-10H3/b12-11?,25-15?,26-16?,35-21?,36-22?,37-27+,38-28+,39-29?,40-30?. The van der Waals surface area contributed by atoms with E-state index >= 15 is 0 Å². The Bertz CT molecular complexity index is 967. The Morgan fingerprint density at radius 3 is 1.02 bits per heavy atom. The molecule has 0 aromatic rings. The molecule has 0 radical (unpaired) electrons. The first-order valence-electron chi connectivity index (χ1n) is 15.3. The minimum Gasteiger partial charge on any atom is -0.0856 e. The molecule has 0 rings (SSSR count). The van der Waals surface area contributed by atoms with Gasteiger partial charge in [0.15, 0.2) is 0 Å². The lowest BCUT2D eigenvalue weighted by Gasteiger charge is -2.00. The summed E-state index contributed by atoms with van der Waals surface area (Å²) in [5, 5.41) is 0. The quantitative estimate of drug-likeness (QED) is 0.120. The Morgan fingerprint density at radius 1 is 0.350 bits per heavy atom. The molecule has 0 spiro atoms. The lowest BCUT2D eigenvalue weighted by atomic mass is 10.1. The highest BCUT2D eigenvalue weighted by Gasteiger charge is 1.92. The zero-order valence-electron chi connectivity index (χ0n) is 27.7. The molecule has 0 aliphatic carbocycles. The third kappa shape index (κ3) is 25.4. The Labute approximate surface area is 249 Å². The molecule has 0 atom stereocenters. The van der Waals surface area contributed by atoms with E-state index in [9.17, 15) is 0 Å². The predicted octanol–water partition coefficient (Wildman–Crippen LogP) is 13.4. The van der Waals surface area contributed by atoms with E-state index in [0.717, 1.165) is 38.5 Å². The first-order valence-corrected chi connectivity index (χ1v) is 15.3. The van der Waals surface area contributed by atoms with Gasteiger partial charge in [0.2, 0.25) is 0 Å². The van der Waals surface area contributed by atoms with Gasteiger partial charge in [0.05, 0.1) is 0 Å². The molecule has 0 amide bonds. The van der Waals surface area contributed by atoms with E-state index < -0.39 is 0 Å². The third-order valence-electron chi connectivity index (χ3n) is 6.55. The van der Waals surface area contributed by atoms with E-state index in [2.05, 4.69) is 154 Å². The Kier molecular flexibility index (Phi) is 22.3. The molecule has 0 heteroatoms. The van der Waals surface area contributed by atoms with Crippen molar-refractivity contribution in [3.63, 3.8) is 0 Å². The fraction of sp³-hybridized carbons (Fsp3) is 0.450.